The third kappa shape index (κ3) is 4.52. The summed E-state index contributed by atoms with van der Waals surface area (Å²) in [5.41, 5.74) is 2.27. The summed E-state index contributed by atoms with van der Waals surface area (Å²) in [6.07, 6.45) is 5.18. The first kappa shape index (κ1) is 17.8. The maximum atomic E-state index is 12.7. The Kier molecular flexibility index (Phi) is 5.60. The Hall–Kier alpha value is -2.05. The number of nitrogens with one attached hydrogen (secondary N) is 2. The first-order chi connectivity index (χ1) is 12.0. The largest absolute Gasteiger partial charge is 0.338 e. The van der Waals surface area contributed by atoms with E-state index in [1.54, 1.807) is 0 Å². The van der Waals surface area contributed by atoms with Crippen LogP contribution in [0.3, 0.4) is 0 Å². The number of likely N-dealkylation sites (tertiary alicyclic amines) is 1. The van der Waals surface area contributed by atoms with Crippen molar-refractivity contribution in [2.45, 2.75) is 46.1 Å². The van der Waals surface area contributed by atoms with Crippen molar-refractivity contribution in [1.82, 2.24) is 25.3 Å². The van der Waals surface area contributed by atoms with Crippen molar-refractivity contribution in [2.24, 2.45) is 11.8 Å². The highest BCUT2D eigenvalue weighted by molar-refractivity contribution is 5.77. The van der Waals surface area contributed by atoms with Gasteiger partial charge in [0.1, 0.15) is 0 Å². The van der Waals surface area contributed by atoms with Crippen LogP contribution in [0.5, 0.6) is 0 Å². The van der Waals surface area contributed by atoms with Crippen LogP contribution in [0.2, 0.25) is 0 Å². The summed E-state index contributed by atoms with van der Waals surface area (Å²) in [4.78, 5) is 28.7. The van der Waals surface area contributed by atoms with Gasteiger partial charge in [-0.2, -0.15) is 5.10 Å². The number of hydrogen-bond acceptors (Lipinski definition) is 3. The highest BCUT2D eigenvalue weighted by Crippen LogP contribution is 2.23. The zero-order chi connectivity index (χ0) is 17.8. The van der Waals surface area contributed by atoms with Crippen molar-refractivity contribution in [3.63, 3.8) is 0 Å². The quantitative estimate of drug-likeness (QED) is 0.871. The molecule has 7 nitrogen and oxygen atoms in total. The Morgan fingerprint density at radius 2 is 2.20 bits per heavy atom. The first-order valence-electron chi connectivity index (χ1n) is 9.34. The topological polar surface area (TPSA) is 81.3 Å². The van der Waals surface area contributed by atoms with Gasteiger partial charge >= 0.3 is 6.03 Å². The monoisotopic (exact) mass is 347 g/mol. The smallest absolute Gasteiger partial charge is 0.317 e. The number of amides is 3. The zero-order valence-electron chi connectivity index (χ0n) is 15.3. The van der Waals surface area contributed by atoms with Gasteiger partial charge in [0.25, 0.3) is 0 Å². The van der Waals surface area contributed by atoms with Crippen LogP contribution < -0.4 is 5.32 Å². The number of aromatic nitrogens is 2. The maximum Gasteiger partial charge on any atom is 0.317 e. The fourth-order valence-electron chi connectivity index (χ4n) is 3.63. The molecule has 1 atom stereocenters. The fourth-order valence-corrected chi connectivity index (χ4v) is 3.63. The fraction of sp³-hybridized carbons (Fsp3) is 0.722. The molecular formula is C18H29N5O2. The second kappa shape index (κ2) is 7.89. The molecule has 3 heterocycles. The maximum absolute atomic E-state index is 12.7. The van der Waals surface area contributed by atoms with Crippen molar-refractivity contribution in [1.29, 1.82) is 0 Å². The molecule has 0 radical (unpaired) electrons. The SMILES string of the molecule is CC(C)CNC(=O)N1CCC[C@@H](CC(=O)N2CCc3[nH]ncc3C2)C1. The zero-order valence-corrected chi connectivity index (χ0v) is 15.3. The molecule has 0 aromatic carbocycles. The van der Waals surface area contributed by atoms with Crippen LogP contribution in [0.4, 0.5) is 4.79 Å². The predicted molar refractivity (Wildman–Crippen MR) is 94.9 cm³/mol. The summed E-state index contributed by atoms with van der Waals surface area (Å²) >= 11 is 0. The van der Waals surface area contributed by atoms with E-state index in [-0.39, 0.29) is 17.9 Å². The van der Waals surface area contributed by atoms with Crippen LogP contribution >= 0.6 is 0 Å². The lowest BCUT2D eigenvalue weighted by atomic mass is 9.94. The highest BCUT2D eigenvalue weighted by atomic mass is 16.2. The van der Waals surface area contributed by atoms with E-state index >= 15 is 0 Å². The van der Waals surface area contributed by atoms with E-state index in [1.165, 1.54) is 0 Å². The number of rotatable bonds is 4. The number of nitrogens with zero attached hydrogens (tertiary/aromatic N) is 3. The molecule has 2 N–H and O–H groups in total. The minimum absolute atomic E-state index is 0.00635. The van der Waals surface area contributed by atoms with E-state index in [4.69, 9.17) is 0 Å². The minimum Gasteiger partial charge on any atom is -0.338 e. The van der Waals surface area contributed by atoms with E-state index in [1.807, 2.05) is 16.0 Å². The van der Waals surface area contributed by atoms with Crippen molar-refractivity contribution in [3.05, 3.63) is 17.5 Å². The van der Waals surface area contributed by atoms with Gasteiger partial charge < -0.3 is 15.1 Å². The molecule has 1 saturated heterocycles. The Labute approximate surface area is 149 Å². The molecule has 0 bridgehead atoms. The number of hydrogen-bond donors (Lipinski definition) is 2. The molecule has 0 saturated carbocycles. The Morgan fingerprint density at radius 1 is 1.36 bits per heavy atom. The number of aromatic amines is 1. The number of carbonyl (C=O) groups excluding carboxylic acids is 2. The number of piperidine rings is 1. The predicted octanol–water partition coefficient (Wildman–Crippen LogP) is 1.76. The van der Waals surface area contributed by atoms with Crippen molar-refractivity contribution in [3.8, 4) is 0 Å². The van der Waals surface area contributed by atoms with E-state index in [0.717, 1.165) is 43.6 Å². The second-order valence-corrected chi connectivity index (χ2v) is 7.68. The van der Waals surface area contributed by atoms with Gasteiger partial charge in [-0.05, 0) is 24.7 Å². The molecule has 1 aromatic rings. The average Bonchev–Trinajstić information content (AvgIpc) is 3.07. The standard InChI is InChI=1S/C18H29N5O2/c1-13(2)9-19-18(25)23-6-3-4-14(11-23)8-17(24)22-7-5-16-15(12-22)10-20-21-16/h10,13-14H,3-9,11-12H2,1-2H3,(H,19,25)(H,20,21)/t14-/m0/s1. The molecule has 7 heteroatoms. The van der Waals surface area contributed by atoms with Gasteiger partial charge in [-0.15, -0.1) is 0 Å². The van der Waals surface area contributed by atoms with Gasteiger partial charge in [0.05, 0.1) is 6.20 Å². The summed E-state index contributed by atoms with van der Waals surface area (Å²) in [5.74, 6) is 0.899. The van der Waals surface area contributed by atoms with Gasteiger partial charge in [-0.25, -0.2) is 4.79 Å². The third-order valence-corrected chi connectivity index (χ3v) is 5.08. The normalized spacial score (nSPS) is 20.5. The lowest BCUT2D eigenvalue weighted by Crippen LogP contribution is -2.47. The Bertz CT molecular complexity index is 612. The average molecular weight is 347 g/mol. The molecule has 0 aliphatic carbocycles. The lowest BCUT2D eigenvalue weighted by molar-refractivity contribution is -0.133. The van der Waals surface area contributed by atoms with Crippen LogP contribution in [0.15, 0.2) is 6.20 Å². The van der Waals surface area contributed by atoms with Crippen LogP contribution in [-0.4, -0.2) is 58.1 Å². The van der Waals surface area contributed by atoms with E-state index in [0.29, 0.717) is 32.0 Å². The number of fused-ring (bicyclic) bond motifs is 1. The Morgan fingerprint density at radius 3 is 3.00 bits per heavy atom. The molecule has 25 heavy (non-hydrogen) atoms. The van der Waals surface area contributed by atoms with E-state index < -0.39 is 0 Å². The van der Waals surface area contributed by atoms with Crippen molar-refractivity contribution >= 4 is 11.9 Å². The van der Waals surface area contributed by atoms with Crippen LogP contribution in [0.25, 0.3) is 0 Å². The lowest BCUT2D eigenvalue weighted by Gasteiger charge is -2.34. The molecule has 0 unspecified atom stereocenters. The van der Waals surface area contributed by atoms with Gasteiger partial charge in [-0.1, -0.05) is 13.8 Å². The summed E-state index contributed by atoms with van der Waals surface area (Å²) in [6, 6.07) is 0.00635. The minimum atomic E-state index is 0.00635. The molecule has 2 aliphatic heterocycles. The van der Waals surface area contributed by atoms with Crippen molar-refractivity contribution < 1.29 is 9.59 Å². The van der Waals surface area contributed by atoms with Gasteiger partial charge in [0.2, 0.25) is 5.91 Å². The number of carbonyl (C=O) groups is 2. The number of urea groups is 1. The second-order valence-electron chi connectivity index (χ2n) is 7.68. The summed E-state index contributed by atoms with van der Waals surface area (Å²) in [6.45, 7) is 7.73. The van der Waals surface area contributed by atoms with Crippen LogP contribution in [-0.2, 0) is 17.8 Å². The van der Waals surface area contributed by atoms with E-state index in [9.17, 15) is 9.59 Å². The summed E-state index contributed by atoms with van der Waals surface area (Å²) in [7, 11) is 0. The highest BCUT2D eigenvalue weighted by Gasteiger charge is 2.28. The molecule has 1 fully saturated rings. The van der Waals surface area contributed by atoms with Gasteiger partial charge in [0.15, 0.2) is 0 Å². The van der Waals surface area contributed by atoms with E-state index in [2.05, 4.69) is 29.4 Å². The molecular weight excluding hydrogens is 318 g/mol. The van der Waals surface area contributed by atoms with Crippen LogP contribution in [0, 0.1) is 11.8 Å². The Balaban J connectivity index is 1.49. The molecule has 3 amide bonds. The summed E-state index contributed by atoms with van der Waals surface area (Å²) in [5, 5.41) is 10.0. The van der Waals surface area contributed by atoms with Gasteiger partial charge in [0, 0.05) is 56.8 Å². The molecule has 0 spiro atoms. The first-order valence-corrected chi connectivity index (χ1v) is 9.34. The third-order valence-electron chi connectivity index (χ3n) is 5.08. The molecule has 1 aromatic heterocycles. The molecule has 2 aliphatic rings. The molecule has 3 rings (SSSR count). The molecule has 138 valence electrons. The van der Waals surface area contributed by atoms with Crippen LogP contribution in [0.1, 0.15) is 44.4 Å². The van der Waals surface area contributed by atoms with Crippen molar-refractivity contribution in [2.75, 3.05) is 26.2 Å². The van der Waals surface area contributed by atoms with Gasteiger partial charge in [-0.3, -0.25) is 9.89 Å². The number of H-pyrrole nitrogens is 1. The summed E-state index contributed by atoms with van der Waals surface area (Å²) < 4.78 is 0.